The number of ether oxygens (including phenoxy) is 1. The molecule has 1 saturated heterocycles. The molecule has 0 spiro atoms. The summed E-state index contributed by atoms with van der Waals surface area (Å²) in [6, 6.07) is 9.15. The zero-order valence-electron chi connectivity index (χ0n) is 9.40. The molecular formula is C12H17FNO2+. The van der Waals surface area contributed by atoms with Gasteiger partial charge in [0, 0.05) is 5.56 Å². The highest BCUT2D eigenvalue weighted by molar-refractivity contribution is 5.20. The summed E-state index contributed by atoms with van der Waals surface area (Å²) in [7, 11) is 1.79. The maximum absolute atomic E-state index is 12.9. The minimum Gasteiger partial charge on any atom is -0.357 e. The van der Waals surface area contributed by atoms with E-state index in [9.17, 15) is 9.50 Å². The van der Waals surface area contributed by atoms with Crippen LogP contribution in [0.15, 0.2) is 30.3 Å². The van der Waals surface area contributed by atoms with Crippen LogP contribution in [-0.2, 0) is 10.5 Å². The molecule has 3 nitrogen and oxygen atoms in total. The molecule has 1 aromatic carbocycles. The van der Waals surface area contributed by atoms with Gasteiger partial charge in [0.2, 0.25) is 12.6 Å². The van der Waals surface area contributed by atoms with Gasteiger partial charge in [-0.1, -0.05) is 30.3 Å². The van der Waals surface area contributed by atoms with Crippen molar-refractivity contribution in [2.24, 2.45) is 0 Å². The van der Waals surface area contributed by atoms with Gasteiger partial charge in [-0.25, -0.2) is 0 Å². The Morgan fingerprint density at radius 1 is 1.44 bits per heavy atom. The monoisotopic (exact) mass is 226 g/mol. The summed E-state index contributed by atoms with van der Waals surface area (Å²) < 4.78 is 18.5. The normalized spacial score (nSPS) is 34.9. The van der Waals surface area contributed by atoms with E-state index in [2.05, 4.69) is 0 Å². The Hall–Kier alpha value is -0.970. The predicted molar refractivity (Wildman–Crippen MR) is 58.2 cm³/mol. The fourth-order valence-corrected chi connectivity index (χ4v) is 2.05. The van der Waals surface area contributed by atoms with E-state index >= 15 is 0 Å². The number of morpholine rings is 1. The number of likely N-dealkylation sites (N-methyl/N-ethyl adjacent to an activating group) is 1. The van der Waals surface area contributed by atoms with E-state index in [0.29, 0.717) is 18.7 Å². The third kappa shape index (κ3) is 2.09. The zero-order valence-corrected chi connectivity index (χ0v) is 9.40. The third-order valence-corrected chi connectivity index (χ3v) is 3.08. The van der Waals surface area contributed by atoms with Crippen molar-refractivity contribution < 1.29 is 18.7 Å². The maximum atomic E-state index is 12.9. The summed E-state index contributed by atoms with van der Waals surface area (Å²) in [4.78, 5) is 0. The van der Waals surface area contributed by atoms with Crippen molar-refractivity contribution in [2.45, 2.75) is 5.79 Å². The minimum absolute atomic E-state index is 0.186. The molecule has 2 unspecified atom stereocenters. The quantitative estimate of drug-likeness (QED) is 0.607. The van der Waals surface area contributed by atoms with E-state index in [1.165, 1.54) is 0 Å². The number of hydrogen-bond acceptors (Lipinski definition) is 2. The SMILES string of the molecule is C[N+]1(CF)CCOC(O)(c2ccccc2)C1. The molecule has 1 N–H and O–H groups in total. The summed E-state index contributed by atoms with van der Waals surface area (Å²) in [5.41, 5.74) is 0.688. The highest BCUT2D eigenvalue weighted by atomic mass is 19.1. The van der Waals surface area contributed by atoms with Gasteiger partial charge < -0.3 is 9.84 Å². The van der Waals surface area contributed by atoms with Crippen LogP contribution in [0.3, 0.4) is 0 Å². The Kier molecular flexibility index (Phi) is 2.97. The van der Waals surface area contributed by atoms with Crippen molar-refractivity contribution in [3.8, 4) is 0 Å². The first kappa shape index (κ1) is 11.5. The highest BCUT2D eigenvalue weighted by Gasteiger charge is 2.44. The molecule has 2 rings (SSSR count). The Balaban J connectivity index is 2.25. The first-order valence-corrected chi connectivity index (χ1v) is 5.39. The third-order valence-electron chi connectivity index (χ3n) is 3.08. The van der Waals surface area contributed by atoms with Gasteiger partial charge in [-0.3, -0.25) is 4.48 Å². The van der Waals surface area contributed by atoms with Crippen molar-refractivity contribution in [1.82, 2.24) is 0 Å². The molecule has 0 aliphatic carbocycles. The fraction of sp³-hybridized carbons (Fsp3) is 0.500. The number of aliphatic hydroxyl groups is 1. The number of halogens is 1. The second kappa shape index (κ2) is 4.13. The topological polar surface area (TPSA) is 29.5 Å². The number of alkyl halides is 1. The molecule has 0 bridgehead atoms. The number of nitrogens with zero attached hydrogens (tertiary/aromatic N) is 1. The smallest absolute Gasteiger partial charge is 0.244 e. The number of hydrogen-bond donors (Lipinski definition) is 1. The van der Waals surface area contributed by atoms with Crippen LogP contribution in [0.5, 0.6) is 0 Å². The average molecular weight is 226 g/mol. The fourth-order valence-electron chi connectivity index (χ4n) is 2.05. The van der Waals surface area contributed by atoms with Crippen molar-refractivity contribution in [3.63, 3.8) is 0 Å². The van der Waals surface area contributed by atoms with E-state index in [4.69, 9.17) is 4.74 Å². The van der Waals surface area contributed by atoms with Crippen molar-refractivity contribution in [1.29, 1.82) is 0 Å². The summed E-state index contributed by atoms with van der Waals surface area (Å²) in [6.45, 7) is 0.712. The van der Waals surface area contributed by atoms with Gasteiger partial charge >= 0.3 is 0 Å². The van der Waals surface area contributed by atoms with E-state index in [-0.39, 0.29) is 11.0 Å². The predicted octanol–water partition coefficient (Wildman–Crippen LogP) is 1.24. The number of quaternary nitrogens is 1. The molecule has 1 fully saturated rings. The summed E-state index contributed by atoms with van der Waals surface area (Å²) in [5.74, 6) is -1.36. The van der Waals surface area contributed by atoms with Crippen LogP contribution in [0, 0.1) is 0 Å². The van der Waals surface area contributed by atoms with Crippen molar-refractivity contribution in [3.05, 3.63) is 35.9 Å². The summed E-state index contributed by atoms with van der Waals surface area (Å²) >= 11 is 0. The molecular weight excluding hydrogens is 209 g/mol. The molecule has 0 saturated carbocycles. The molecule has 4 heteroatoms. The first-order valence-electron chi connectivity index (χ1n) is 5.39. The van der Waals surface area contributed by atoms with Crippen molar-refractivity contribution in [2.75, 3.05) is 33.5 Å². The molecule has 1 aromatic rings. The molecule has 1 heterocycles. The number of benzene rings is 1. The molecule has 1 aliphatic rings. The van der Waals surface area contributed by atoms with Crippen LogP contribution in [0.4, 0.5) is 4.39 Å². The minimum atomic E-state index is -1.36. The zero-order chi connectivity index (χ0) is 11.6. The summed E-state index contributed by atoms with van der Waals surface area (Å²) in [5, 5.41) is 10.4. The lowest BCUT2D eigenvalue weighted by Gasteiger charge is -2.43. The van der Waals surface area contributed by atoms with Crippen LogP contribution in [-0.4, -0.2) is 43.1 Å². The van der Waals surface area contributed by atoms with Crippen LogP contribution in [0.25, 0.3) is 0 Å². The van der Waals surface area contributed by atoms with E-state index < -0.39 is 12.6 Å². The molecule has 0 radical (unpaired) electrons. The van der Waals surface area contributed by atoms with Crippen LogP contribution in [0.2, 0.25) is 0 Å². The highest BCUT2D eigenvalue weighted by Crippen LogP contribution is 2.29. The Bertz CT molecular complexity index is 359. The molecule has 2 atom stereocenters. The van der Waals surface area contributed by atoms with Gasteiger partial charge in [0.25, 0.3) is 0 Å². The second-order valence-corrected chi connectivity index (χ2v) is 4.62. The molecule has 16 heavy (non-hydrogen) atoms. The lowest BCUT2D eigenvalue weighted by Crippen LogP contribution is -2.59. The van der Waals surface area contributed by atoms with Crippen LogP contribution in [0.1, 0.15) is 5.56 Å². The lowest BCUT2D eigenvalue weighted by atomic mass is 10.0. The van der Waals surface area contributed by atoms with Gasteiger partial charge in [-0.05, 0) is 0 Å². The number of rotatable bonds is 2. The van der Waals surface area contributed by atoms with Gasteiger partial charge in [-0.15, -0.1) is 0 Å². The van der Waals surface area contributed by atoms with Crippen LogP contribution < -0.4 is 0 Å². The molecule has 0 amide bonds. The van der Waals surface area contributed by atoms with Gasteiger partial charge in [-0.2, -0.15) is 4.39 Å². The molecule has 88 valence electrons. The summed E-state index contributed by atoms with van der Waals surface area (Å²) in [6.07, 6.45) is 0. The standard InChI is InChI=1S/C12H17FNO2/c1-14(10-13)7-8-16-12(15,9-14)11-5-3-2-4-6-11/h2-6,15H,7-10H2,1H3/q+1. The van der Waals surface area contributed by atoms with Gasteiger partial charge in [0.15, 0.2) is 0 Å². The van der Waals surface area contributed by atoms with E-state index in [1.54, 1.807) is 19.2 Å². The largest absolute Gasteiger partial charge is 0.357 e. The van der Waals surface area contributed by atoms with E-state index in [1.807, 2.05) is 18.2 Å². The van der Waals surface area contributed by atoms with E-state index in [0.717, 1.165) is 0 Å². The average Bonchev–Trinajstić information content (AvgIpc) is 2.30. The molecule has 1 aliphatic heterocycles. The van der Waals surface area contributed by atoms with Crippen molar-refractivity contribution >= 4 is 0 Å². The Morgan fingerprint density at radius 2 is 2.12 bits per heavy atom. The molecule has 0 aromatic heterocycles. The first-order chi connectivity index (χ1) is 7.58. The van der Waals surface area contributed by atoms with Gasteiger partial charge in [0.05, 0.1) is 13.7 Å². The Labute approximate surface area is 94.7 Å². The Morgan fingerprint density at radius 3 is 2.75 bits per heavy atom. The second-order valence-electron chi connectivity index (χ2n) is 4.62. The van der Waals surface area contributed by atoms with Crippen LogP contribution >= 0.6 is 0 Å². The van der Waals surface area contributed by atoms with Gasteiger partial charge in [0.1, 0.15) is 13.1 Å². The lowest BCUT2D eigenvalue weighted by molar-refractivity contribution is -0.941. The maximum Gasteiger partial charge on any atom is 0.244 e.